The van der Waals surface area contributed by atoms with Gasteiger partial charge in [-0.3, -0.25) is 14.6 Å². The van der Waals surface area contributed by atoms with Crippen molar-refractivity contribution in [3.8, 4) is 33.6 Å². The van der Waals surface area contributed by atoms with E-state index in [-0.39, 0.29) is 29.8 Å². The molecule has 322 valence electrons. The van der Waals surface area contributed by atoms with E-state index in [0.29, 0.717) is 25.5 Å². The molecule has 4 N–H and O–H groups in total. The molecule has 2 fully saturated rings. The first-order valence-corrected chi connectivity index (χ1v) is 21.2. The van der Waals surface area contributed by atoms with Crippen LogP contribution in [0.15, 0.2) is 90.2 Å². The molecule has 62 heavy (non-hydrogen) atoms. The number of aliphatic imine (C=N–C) groups is 1. The molecule has 3 aliphatic rings. The number of carbonyl (C=O) groups is 4. The summed E-state index contributed by atoms with van der Waals surface area (Å²) in [7, 11) is 2.58. The minimum Gasteiger partial charge on any atom is -0.453 e. The normalized spacial score (nSPS) is 20.7. The van der Waals surface area contributed by atoms with Crippen molar-refractivity contribution < 1.29 is 28.7 Å². The van der Waals surface area contributed by atoms with Crippen LogP contribution in [0.25, 0.3) is 44.4 Å². The molecule has 1 unspecified atom stereocenters. The molecule has 0 spiro atoms. The Morgan fingerprint density at radius 3 is 1.84 bits per heavy atom. The smallest absolute Gasteiger partial charge is 0.407 e. The van der Waals surface area contributed by atoms with Crippen LogP contribution in [0.4, 0.5) is 9.59 Å². The van der Waals surface area contributed by atoms with Crippen LogP contribution < -0.4 is 10.6 Å². The van der Waals surface area contributed by atoms with Gasteiger partial charge in [0, 0.05) is 30.3 Å². The predicted octanol–water partition coefficient (Wildman–Crippen LogP) is 7.37. The van der Waals surface area contributed by atoms with E-state index < -0.39 is 29.7 Å². The van der Waals surface area contributed by atoms with Crippen LogP contribution in [-0.4, -0.2) is 106 Å². The van der Waals surface area contributed by atoms with Gasteiger partial charge < -0.3 is 39.9 Å². The molecule has 5 atom stereocenters. The number of likely N-dealkylation sites (tertiary alicyclic amines) is 2. The van der Waals surface area contributed by atoms with Gasteiger partial charge >= 0.3 is 12.2 Å². The Morgan fingerprint density at radius 1 is 0.726 bits per heavy atom. The van der Waals surface area contributed by atoms with Gasteiger partial charge in [0.25, 0.3) is 0 Å². The number of benzene rings is 3. The van der Waals surface area contributed by atoms with Gasteiger partial charge in [-0.15, -0.1) is 0 Å². The first-order valence-electron chi connectivity index (χ1n) is 21.2. The molecular weight excluding hydrogens is 787 g/mol. The van der Waals surface area contributed by atoms with Crippen molar-refractivity contribution in [1.29, 1.82) is 0 Å². The summed E-state index contributed by atoms with van der Waals surface area (Å²) in [6.45, 7) is 7.23. The summed E-state index contributed by atoms with van der Waals surface area (Å²) in [4.78, 5) is 76.5. The topological polar surface area (TPSA) is 187 Å². The Labute approximate surface area is 360 Å². The first-order chi connectivity index (χ1) is 30.0. The third-order valence-electron chi connectivity index (χ3n) is 12.4. The molecule has 2 saturated heterocycles. The largest absolute Gasteiger partial charge is 0.453 e. The number of methoxy groups -OCH3 is 2. The highest BCUT2D eigenvalue weighted by molar-refractivity contribution is 5.91. The number of rotatable bonds is 11. The average molecular weight is 840 g/mol. The summed E-state index contributed by atoms with van der Waals surface area (Å²) in [6.07, 6.45) is 10.9. The van der Waals surface area contributed by atoms with E-state index in [4.69, 9.17) is 19.4 Å². The van der Waals surface area contributed by atoms with Gasteiger partial charge in [-0.1, -0.05) is 75.4 Å². The number of nitrogens with zero attached hydrogens (tertiary/aromatic N) is 5. The molecule has 0 saturated carbocycles. The van der Waals surface area contributed by atoms with E-state index in [2.05, 4.69) is 86.3 Å². The van der Waals surface area contributed by atoms with Gasteiger partial charge in [0.1, 0.15) is 23.7 Å². The molecule has 3 aromatic carbocycles. The highest BCUT2D eigenvalue weighted by atomic mass is 16.5. The van der Waals surface area contributed by atoms with E-state index >= 15 is 0 Å². The van der Waals surface area contributed by atoms with Crippen molar-refractivity contribution in [3.63, 3.8) is 0 Å². The Bertz CT molecular complexity index is 2530. The fourth-order valence-electron chi connectivity index (χ4n) is 8.91. The van der Waals surface area contributed by atoms with Gasteiger partial charge in [0.05, 0.1) is 56.6 Å². The number of nitrogens with one attached hydrogen (secondary N) is 4. The summed E-state index contributed by atoms with van der Waals surface area (Å²) < 4.78 is 9.66. The summed E-state index contributed by atoms with van der Waals surface area (Å²) in [6, 6.07) is 19.0. The van der Waals surface area contributed by atoms with Gasteiger partial charge in [-0.25, -0.2) is 19.6 Å². The number of hydrogen-bond donors (Lipinski definition) is 4. The minimum atomic E-state index is -0.857. The van der Waals surface area contributed by atoms with Gasteiger partial charge in [0.15, 0.2) is 0 Å². The predicted molar refractivity (Wildman–Crippen MR) is 236 cm³/mol. The van der Waals surface area contributed by atoms with Crippen LogP contribution in [0.3, 0.4) is 0 Å². The molecule has 3 aliphatic heterocycles. The number of ether oxygens (including phenoxy) is 2. The number of hydrogen-bond acceptors (Lipinski definition) is 9. The van der Waals surface area contributed by atoms with Crippen molar-refractivity contribution in [2.45, 2.75) is 70.6 Å². The van der Waals surface area contributed by atoms with Crippen LogP contribution in [0.2, 0.25) is 0 Å². The van der Waals surface area contributed by atoms with Crippen molar-refractivity contribution in [2.75, 3.05) is 33.9 Å². The van der Waals surface area contributed by atoms with E-state index in [9.17, 15) is 19.2 Å². The first kappa shape index (κ1) is 41.9. The molecular formula is C47H53N9O6. The monoisotopic (exact) mass is 839 g/mol. The fourth-order valence-corrected chi connectivity index (χ4v) is 8.91. The molecule has 5 heterocycles. The van der Waals surface area contributed by atoms with Crippen molar-refractivity contribution in [3.05, 3.63) is 96.9 Å². The number of imidazole rings is 2. The van der Waals surface area contributed by atoms with Gasteiger partial charge in [-0.2, -0.15) is 0 Å². The third-order valence-corrected chi connectivity index (χ3v) is 12.4. The number of amides is 4. The Hall–Kier alpha value is -6.77. The standard InChI is InChI=1S/C47H53N9O6/c1-28(2)39(53-45(59)61-4)43(57)55-21-6-9-37(55)41-50-26-36(52-41)34-18-17-32-23-31(15-16-33(32)24-34)29-11-13-30(14-12-29)35-25-49-42(51-35)38-10-7-22-56(38)44(58)40(54-46(60)62-5)47(3)19-8-20-48-27-47/h8,11-20,23-26,28,37-40H,6-7,9-10,21-22,27H2,1-5H3,(H,49,51)(H,50,52)(H,53,59)(H,54,60)/t37-,38-,39-,40-,47?/m0/s1. The average Bonchev–Trinajstić information content (AvgIpc) is 4.14. The second-order valence-electron chi connectivity index (χ2n) is 16.9. The molecule has 15 nitrogen and oxygen atoms in total. The number of dihydropyridines is 1. The zero-order valence-electron chi connectivity index (χ0n) is 35.7. The van der Waals surface area contributed by atoms with Crippen LogP contribution in [0.1, 0.15) is 70.2 Å². The van der Waals surface area contributed by atoms with E-state index in [1.165, 1.54) is 14.2 Å². The number of carbonyl (C=O) groups excluding carboxylic acids is 4. The lowest BCUT2D eigenvalue weighted by Gasteiger charge is -2.37. The number of fused-ring (bicyclic) bond motifs is 1. The lowest BCUT2D eigenvalue weighted by atomic mass is 9.80. The second kappa shape index (κ2) is 17.7. The minimum absolute atomic E-state index is 0.109. The highest BCUT2D eigenvalue weighted by Gasteiger charge is 2.45. The maximum absolute atomic E-state index is 14.1. The molecule has 0 aliphatic carbocycles. The quantitative estimate of drug-likeness (QED) is 0.106. The maximum Gasteiger partial charge on any atom is 0.407 e. The van der Waals surface area contributed by atoms with Crippen LogP contribution in [0.5, 0.6) is 0 Å². The zero-order chi connectivity index (χ0) is 43.5. The van der Waals surface area contributed by atoms with Crippen molar-refractivity contribution in [2.24, 2.45) is 16.3 Å². The van der Waals surface area contributed by atoms with Crippen LogP contribution in [0, 0.1) is 11.3 Å². The highest BCUT2D eigenvalue weighted by Crippen LogP contribution is 2.37. The summed E-state index contributed by atoms with van der Waals surface area (Å²) in [5.74, 6) is 0.986. The number of aromatic amines is 2. The van der Waals surface area contributed by atoms with Crippen LogP contribution in [-0.2, 0) is 19.1 Å². The Kier molecular flexibility index (Phi) is 12.0. The molecule has 8 rings (SSSR count). The van der Waals surface area contributed by atoms with E-state index in [1.807, 2.05) is 49.0 Å². The SMILES string of the molecule is COC(=O)N[C@H](C(=O)N1CCC[C@H]1c1ncc(-c2ccc3cc(-c4ccc(-c5cnc([C@@H]6CCCN6C(=O)[C@H](NC(=O)OC)C6(C)C=CC=NC6)[nH]5)cc4)ccc3c2)[nH]1)C(C)C. The number of alkyl carbamates (subject to hydrolysis) is 2. The number of aromatic nitrogens is 4. The van der Waals surface area contributed by atoms with E-state index in [1.54, 1.807) is 12.3 Å². The Morgan fingerprint density at radius 2 is 1.26 bits per heavy atom. The van der Waals surface area contributed by atoms with Gasteiger partial charge in [0.2, 0.25) is 11.8 Å². The molecule has 5 aromatic rings. The van der Waals surface area contributed by atoms with Crippen molar-refractivity contribution in [1.82, 2.24) is 40.4 Å². The summed E-state index contributed by atoms with van der Waals surface area (Å²) in [5, 5.41) is 7.67. The molecule has 0 radical (unpaired) electrons. The lowest BCUT2D eigenvalue weighted by molar-refractivity contribution is -0.137. The molecule has 2 aromatic heterocycles. The Balaban J connectivity index is 0.942. The zero-order valence-corrected chi connectivity index (χ0v) is 35.7. The summed E-state index contributed by atoms with van der Waals surface area (Å²) in [5.41, 5.74) is 5.12. The number of H-pyrrole nitrogens is 2. The van der Waals surface area contributed by atoms with E-state index in [0.717, 1.165) is 75.9 Å². The summed E-state index contributed by atoms with van der Waals surface area (Å²) >= 11 is 0. The van der Waals surface area contributed by atoms with Crippen LogP contribution >= 0.6 is 0 Å². The molecule has 4 amide bonds. The molecule has 0 bridgehead atoms. The lowest BCUT2D eigenvalue weighted by Crippen LogP contribution is -2.57. The van der Waals surface area contributed by atoms with Crippen molar-refractivity contribution >= 4 is 41.0 Å². The number of allylic oxidation sites excluding steroid dienone is 1. The van der Waals surface area contributed by atoms with Gasteiger partial charge in [-0.05, 0) is 77.3 Å². The fraction of sp³-hybridized carbons (Fsp3) is 0.383. The molecule has 15 heteroatoms. The third kappa shape index (κ3) is 8.43. The second-order valence-corrected chi connectivity index (χ2v) is 16.9. The maximum atomic E-state index is 14.1.